The van der Waals surface area contributed by atoms with Crippen molar-refractivity contribution in [2.24, 2.45) is 14.1 Å². The SMILES string of the molecule is Cn1c(=O)c2cn3c(c2n(C)c1=O)C(c1cccc([N+](=O)[O-])c1)N(c1ccccc1)c1ccccc1-3. The molecule has 178 valence electrons. The lowest BCUT2D eigenvalue weighted by Crippen LogP contribution is -2.37. The number of nitro benzene ring substituents is 1. The van der Waals surface area contributed by atoms with Crippen LogP contribution in [0.4, 0.5) is 17.1 Å². The van der Waals surface area contributed by atoms with E-state index in [-0.39, 0.29) is 5.69 Å². The minimum absolute atomic E-state index is 0.0356. The monoisotopic (exact) mass is 479 g/mol. The third kappa shape index (κ3) is 2.96. The Hall–Kier alpha value is -4.92. The molecule has 0 spiro atoms. The Morgan fingerprint density at radius 3 is 2.25 bits per heavy atom. The summed E-state index contributed by atoms with van der Waals surface area (Å²) in [4.78, 5) is 39.5. The van der Waals surface area contributed by atoms with Crippen molar-refractivity contribution in [1.82, 2.24) is 13.7 Å². The molecule has 3 aromatic carbocycles. The van der Waals surface area contributed by atoms with Gasteiger partial charge in [-0.1, -0.05) is 42.5 Å². The summed E-state index contributed by atoms with van der Waals surface area (Å²) in [6.07, 6.45) is 1.76. The number of benzene rings is 3. The standard InChI is InChI=1S/C27H21N5O4/c1-28-24-20(26(33)29(2)27(28)34)16-30-21-13-6-7-14-22(21)31(18-10-4-3-5-11-18)23(25(24)30)17-9-8-12-19(15-17)32(35)36/h3-16,23H,1-2H3. The Morgan fingerprint density at radius 1 is 0.833 bits per heavy atom. The topological polar surface area (TPSA) is 95.3 Å². The van der Waals surface area contributed by atoms with E-state index >= 15 is 0 Å². The van der Waals surface area contributed by atoms with E-state index in [4.69, 9.17) is 0 Å². The van der Waals surface area contributed by atoms with Crippen LogP contribution in [0.3, 0.4) is 0 Å². The zero-order valence-corrected chi connectivity index (χ0v) is 19.5. The smallest absolute Gasteiger partial charge is 0.326 e. The van der Waals surface area contributed by atoms with Gasteiger partial charge in [-0.25, -0.2) is 4.79 Å². The average Bonchev–Trinajstić information content (AvgIpc) is 3.31. The van der Waals surface area contributed by atoms with Gasteiger partial charge in [0, 0.05) is 38.1 Å². The predicted molar refractivity (Wildman–Crippen MR) is 137 cm³/mol. The Kier molecular flexibility index (Phi) is 4.68. The van der Waals surface area contributed by atoms with Crippen molar-refractivity contribution < 1.29 is 4.92 Å². The van der Waals surface area contributed by atoms with E-state index in [0.717, 1.165) is 21.6 Å². The van der Waals surface area contributed by atoms with Crippen LogP contribution in [0.5, 0.6) is 0 Å². The van der Waals surface area contributed by atoms with Crippen LogP contribution in [-0.2, 0) is 14.1 Å². The van der Waals surface area contributed by atoms with Gasteiger partial charge < -0.3 is 9.47 Å². The highest BCUT2D eigenvalue weighted by Crippen LogP contribution is 2.48. The van der Waals surface area contributed by atoms with Gasteiger partial charge in [0.25, 0.3) is 11.2 Å². The molecule has 0 saturated heterocycles. The zero-order chi connectivity index (χ0) is 25.1. The van der Waals surface area contributed by atoms with Gasteiger partial charge in [0.1, 0.15) is 6.04 Å². The van der Waals surface area contributed by atoms with Crippen LogP contribution in [-0.4, -0.2) is 18.6 Å². The molecule has 3 heterocycles. The number of nitro groups is 1. The summed E-state index contributed by atoms with van der Waals surface area (Å²) in [6, 6.07) is 23.5. The van der Waals surface area contributed by atoms with Crippen molar-refractivity contribution in [1.29, 1.82) is 0 Å². The Morgan fingerprint density at radius 2 is 1.53 bits per heavy atom. The largest absolute Gasteiger partial charge is 0.331 e. The normalized spacial score (nSPS) is 14.5. The second kappa shape index (κ2) is 7.81. The van der Waals surface area contributed by atoms with Gasteiger partial charge in [-0.05, 0) is 29.8 Å². The van der Waals surface area contributed by atoms with E-state index in [1.54, 1.807) is 25.4 Å². The summed E-state index contributed by atoms with van der Waals surface area (Å²) < 4.78 is 4.51. The first-order chi connectivity index (χ1) is 17.4. The van der Waals surface area contributed by atoms with Crippen molar-refractivity contribution in [2.75, 3.05) is 4.90 Å². The lowest BCUT2D eigenvalue weighted by atomic mass is 9.95. The van der Waals surface area contributed by atoms with Crippen LogP contribution in [0.25, 0.3) is 16.6 Å². The second-order valence-corrected chi connectivity index (χ2v) is 8.80. The number of fused-ring (bicyclic) bond motifs is 5. The zero-order valence-electron chi connectivity index (χ0n) is 19.5. The summed E-state index contributed by atoms with van der Waals surface area (Å²) >= 11 is 0. The van der Waals surface area contributed by atoms with E-state index in [1.807, 2.05) is 65.2 Å². The predicted octanol–water partition coefficient (Wildman–Crippen LogP) is 4.18. The van der Waals surface area contributed by atoms with Crippen molar-refractivity contribution in [2.45, 2.75) is 6.04 Å². The summed E-state index contributed by atoms with van der Waals surface area (Å²) in [5.41, 5.74) is 3.55. The molecule has 0 amide bonds. The molecule has 5 aromatic rings. The van der Waals surface area contributed by atoms with Gasteiger partial charge in [0.15, 0.2) is 0 Å². The molecular weight excluding hydrogens is 458 g/mol. The van der Waals surface area contributed by atoms with Crippen molar-refractivity contribution in [3.05, 3.63) is 127 Å². The van der Waals surface area contributed by atoms with Crippen LogP contribution >= 0.6 is 0 Å². The third-order valence-corrected chi connectivity index (χ3v) is 6.81. The number of anilines is 2. The van der Waals surface area contributed by atoms with Crippen LogP contribution in [0.1, 0.15) is 17.3 Å². The first kappa shape index (κ1) is 21.6. The third-order valence-electron chi connectivity index (χ3n) is 6.81. The molecule has 0 aliphatic carbocycles. The molecule has 1 aliphatic rings. The van der Waals surface area contributed by atoms with E-state index < -0.39 is 22.2 Å². The molecule has 0 N–H and O–H groups in total. The van der Waals surface area contributed by atoms with Crippen LogP contribution in [0.2, 0.25) is 0 Å². The van der Waals surface area contributed by atoms with Crippen LogP contribution in [0.15, 0.2) is 94.6 Å². The summed E-state index contributed by atoms with van der Waals surface area (Å²) in [5.74, 6) is 0. The number of nitrogens with zero attached hydrogens (tertiary/aromatic N) is 5. The number of hydrogen-bond acceptors (Lipinski definition) is 5. The lowest BCUT2D eigenvalue weighted by molar-refractivity contribution is -0.384. The first-order valence-electron chi connectivity index (χ1n) is 11.4. The number of rotatable bonds is 3. The van der Waals surface area contributed by atoms with Gasteiger partial charge in [-0.3, -0.25) is 24.0 Å². The lowest BCUT2D eigenvalue weighted by Gasteiger charge is -2.40. The number of non-ortho nitro benzene ring substituents is 1. The fourth-order valence-electron chi connectivity index (χ4n) is 5.19. The quantitative estimate of drug-likeness (QED) is 0.286. The Bertz CT molecular complexity index is 1800. The Balaban J connectivity index is 1.80. The van der Waals surface area contributed by atoms with Gasteiger partial charge in [0.05, 0.1) is 32.9 Å². The number of para-hydroxylation sites is 3. The molecule has 1 atom stereocenters. The second-order valence-electron chi connectivity index (χ2n) is 8.80. The minimum atomic E-state index is -0.558. The molecule has 6 rings (SSSR count). The maximum absolute atomic E-state index is 13.2. The molecule has 9 heteroatoms. The minimum Gasteiger partial charge on any atom is -0.326 e. The highest BCUT2D eigenvalue weighted by Gasteiger charge is 2.37. The van der Waals surface area contributed by atoms with Crippen molar-refractivity contribution in [3.63, 3.8) is 0 Å². The average molecular weight is 479 g/mol. The highest BCUT2D eigenvalue weighted by molar-refractivity contribution is 5.88. The highest BCUT2D eigenvalue weighted by atomic mass is 16.6. The van der Waals surface area contributed by atoms with E-state index in [9.17, 15) is 19.7 Å². The molecule has 1 unspecified atom stereocenters. The number of hydrogen-bond donors (Lipinski definition) is 0. The molecular formula is C27H21N5O4. The van der Waals surface area contributed by atoms with Gasteiger partial charge in [-0.15, -0.1) is 0 Å². The first-order valence-corrected chi connectivity index (χ1v) is 11.4. The molecule has 0 saturated carbocycles. The van der Waals surface area contributed by atoms with E-state index in [1.165, 1.54) is 17.7 Å². The van der Waals surface area contributed by atoms with E-state index in [2.05, 4.69) is 4.90 Å². The number of aryl methyl sites for hydroxylation is 1. The van der Waals surface area contributed by atoms with E-state index in [0.29, 0.717) is 22.2 Å². The molecule has 2 aromatic heterocycles. The summed E-state index contributed by atoms with van der Waals surface area (Å²) in [6.45, 7) is 0. The molecule has 36 heavy (non-hydrogen) atoms. The fourth-order valence-corrected chi connectivity index (χ4v) is 5.19. The van der Waals surface area contributed by atoms with Gasteiger partial charge >= 0.3 is 5.69 Å². The maximum Gasteiger partial charge on any atom is 0.331 e. The van der Waals surface area contributed by atoms with Crippen molar-refractivity contribution >= 4 is 28.0 Å². The summed E-state index contributed by atoms with van der Waals surface area (Å²) in [5, 5.41) is 12.1. The van der Waals surface area contributed by atoms with Gasteiger partial charge in [0.2, 0.25) is 0 Å². The molecule has 1 aliphatic heterocycles. The number of aromatic nitrogens is 3. The molecule has 9 nitrogen and oxygen atoms in total. The Labute approximate surface area is 204 Å². The van der Waals surface area contributed by atoms with Gasteiger partial charge in [-0.2, -0.15) is 0 Å². The fraction of sp³-hybridized carbons (Fsp3) is 0.111. The maximum atomic E-state index is 13.2. The van der Waals surface area contributed by atoms with Crippen molar-refractivity contribution in [3.8, 4) is 5.69 Å². The summed E-state index contributed by atoms with van der Waals surface area (Å²) in [7, 11) is 3.10. The van der Waals surface area contributed by atoms with Crippen LogP contribution < -0.4 is 16.1 Å². The molecule has 0 bridgehead atoms. The van der Waals surface area contributed by atoms with Crippen LogP contribution in [0, 0.1) is 10.1 Å². The molecule has 0 fully saturated rings. The molecule has 0 radical (unpaired) electrons.